The maximum atomic E-state index is 12.0. The van der Waals surface area contributed by atoms with Crippen molar-refractivity contribution in [2.75, 3.05) is 7.05 Å². The van der Waals surface area contributed by atoms with Gasteiger partial charge in [-0.05, 0) is 23.3 Å². The Labute approximate surface area is 105 Å². The SMILES string of the molecule is CN1NC(c2cccnc2)c2ccccc2C1=O. The summed E-state index contributed by atoms with van der Waals surface area (Å²) in [5.74, 6) is -0.00857. The molecule has 0 saturated carbocycles. The molecule has 1 amide bonds. The van der Waals surface area contributed by atoms with E-state index in [1.807, 2.05) is 42.6 Å². The molecule has 0 fully saturated rings. The predicted octanol–water partition coefficient (Wildman–Crippen LogP) is 1.76. The Morgan fingerprint density at radius 1 is 1.22 bits per heavy atom. The number of rotatable bonds is 1. The van der Waals surface area contributed by atoms with Crippen molar-refractivity contribution in [2.45, 2.75) is 6.04 Å². The summed E-state index contributed by atoms with van der Waals surface area (Å²) < 4.78 is 0. The van der Waals surface area contributed by atoms with Crippen LogP contribution in [-0.4, -0.2) is 22.9 Å². The summed E-state index contributed by atoms with van der Waals surface area (Å²) in [6.07, 6.45) is 3.56. The topological polar surface area (TPSA) is 45.2 Å². The largest absolute Gasteiger partial charge is 0.276 e. The second-order valence-electron chi connectivity index (χ2n) is 4.30. The fourth-order valence-corrected chi connectivity index (χ4v) is 2.25. The van der Waals surface area contributed by atoms with E-state index in [1.165, 1.54) is 5.01 Å². The Bertz CT molecular complexity index is 583. The number of aromatic nitrogens is 1. The third kappa shape index (κ3) is 1.67. The zero-order chi connectivity index (χ0) is 12.5. The first-order valence-corrected chi connectivity index (χ1v) is 5.80. The van der Waals surface area contributed by atoms with E-state index in [-0.39, 0.29) is 11.9 Å². The lowest BCUT2D eigenvalue weighted by Gasteiger charge is -2.33. The van der Waals surface area contributed by atoms with Crippen LogP contribution in [0.3, 0.4) is 0 Å². The number of benzene rings is 1. The molecule has 1 aromatic carbocycles. The molecule has 1 aromatic heterocycles. The number of nitrogens with one attached hydrogen (secondary N) is 1. The van der Waals surface area contributed by atoms with Gasteiger partial charge in [-0.1, -0.05) is 24.3 Å². The fraction of sp³-hybridized carbons (Fsp3) is 0.143. The van der Waals surface area contributed by atoms with Crippen LogP contribution in [0.15, 0.2) is 48.8 Å². The Morgan fingerprint density at radius 3 is 2.83 bits per heavy atom. The van der Waals surface area contributed by atoms with E-state index in [0.717, 1.165) is 16.7 Å². The molecule has 1 unspecified atom stereocenters. The summed E-state index contributed by atoms with van der Waals surface area (Å²) >= 11 is 0. The van der Waals surface area contributed by atoms with Crippen molar-refractivity contribution < 1.29 is 4.79 Å². The molecule has 0 saturated heterocycles. The number of pyridine rings is 1. The van der Waals surface area contributed by atoms with Gasteiger partial charge in [-0.15, -0.1) is 0 Å². The summed E-state index contributed by atoms with van der Waals surface area (Å²) in [6.45, 7) is 0. The van der Waals surface area contributed by atoms with Crippen LogP contribution < -0.4 is 5.43 Å². The molecule has 1 N–H and O–H groups in total. The number of fused-ring (bicyclic) bond motifs is 1. The molecule has 90 valence electrons. The molecular formula is C14H13N3O. The smallest absolute Gasteiger partial charge is 0.268 e. The Kier molecular flexibility index (Phi) is 2.57. The maximum absolute atomic E-state index is 12.0. The average Bonchev–Trinajstić information content (AvgIpc) is 2.44. The van der Waals surface area contributed by atoms with Gasteiger partial charge in [0, 0.05) is 25.0 Å². The second-order valence-corrected chi connectivity index (χ2v) is 4.30. The first-order chi connectivity index (χ1) is 8.77. The maximum Gasteiger partial charge on any atom is 0.268 e. The first-order valence-electron chi connectivity index (χ1n) is 5.80. The van der Waals surface area contributed by atoms with E-state index in [4.69, 9.17) is 0 Å². The standard InChI is InChI=1S/C14H13N3O/c1-17-14(18)12-7-3-2-6-11(12)13(16-17)10-5-4-8-15-9-10/h2-9,13,16H,1H3. The fourth-order valence-electron chi connectivity index (χ4n) is 2.25. The van der Waals surface area contributed by atoms with Crippen LogP contribution in [0.5, 0.6) is 0 Å². The van der Waals surface area contributed by atoms with E-state index >= 15 is 0 Å². The lowest BCUT2D eigenvalue weighted by molar-refractivity contribution is 0.0664. The van der Waals surface area contributed by atoms with Crippen LogP contribution in [0.25, 0.3) is 0 Å². The van der Waals surface area contributed by atoms with E-state index in [0.29, 0.717) is 0 Å². The number of hydrogen-bond donors (Lipinski definition) is 1. The van der Waals surface area contributed by atoms with Gasteiger partial charge in [-0.25, -0.2) is 5.43 Å². The van der Waals surface area contributed by atoms with Gasteiger partial charge in [0.05, 0.1) is 6.04 Å². The Hall–Kier alpha value is -2.20. The van der Waals surface area contributed by atoms with Crippen molar-refractivity contribution in [2.24, 2.45) is 0 Å². The number of carbonyl (C=O) groups excluding carboxylic acids is 1. The highest BCUT2D eigenvalue weighted by Gasteiger charge is 2.29. The number of hydrazine groups is 1. The summed E-state index contributed by atoms with van der Waals surface area (Å²) in [4.78, 5) is 16.2. The first kappa shape index (κ1) is 10.9. The monoisotopic (exact) mass is 239 g/mol. The summed E-state index contributed by atoms with van der Waals surface area (Å²) in [6, 6.07) is 11.5. The van der Waals surface area contributed by atoms with E-state index < -0.39 is 0 Å². The number of amides is 1. The molecule has 0 bridgehead atoms. The third-order valence-electron chi connectivity index (χ3n) is 3.15. The van der Waals surface area contributed by atoms with E-state index in [1.54, 1.807) is 13.2 Å². The minimum absolute atomic E-state index is 0.00857. The highest BCUT2D eigenvalue weighted by atomic mass is 16.2. The van der Waals surface area contributed by atoms with Gasteiger partial charge in [0.2, 0.25) is 0 Å². The van der Waals surface area contributed by atoms with Crippen molar-refractivity contribution in [1.82, 2.24) is 15.4 Å². The quantitative estimate of drug-likeness (QED) is 0.824. The van der Waals surface area contributed by atoms with Gasteiger partial charge < -0.3 is 0 Å². The van der Waals surface area contributed by atoms with Gasteiger partial charge in [-0.3, -0.25) is 14.8 Å². The van der Waals surface area contributed by atoms with Crippen molar-refractivity contribution in [3.05, 3.63) is 65.5 Å². The van der Waals surface area contributed by atoms with Crippen LogP contribution in [-0.2, 0) is 0 Å². The van der Waals surface area contributed by atoms with Crippen molar-refractivity contribution in [3.63, 3.8) is 0 Å². The Morgan fingerprint density at radius 2 is 2.06 bits per heavy atom. The molecule has 1 atom stereocenters. The third-order valence-corrected chi connectivity index (χ3v) is 3.15. The highest BCUT2D eigenvalue weighted by molar-refractivity contribution is 5.96. The highest BCUT2D eigenvalue weighted by Crippen LogP contribution is 2.28. The number of nitrogens with zero attached hydrogens (tertiary/aromatic N) is 2. The van der Waals surface area contributed by atoms with Crippen LogP contribution >= 0.6 is 0 Å². The molecular weight excluding hydrogens is 226 g/mol. The van der Waals surface area contributed by atoms with Gasteiger partial charge in [0.1, 0.15) is 0 Å². The minimum Gasteiger partial charge on any atom is -0.276 e. The number of carbonyl (C=O) groups is 1. The van der Waals surface area contributed by atoms with Gasteiger partial charge in [0.25, 0.3) is 5.91 Å². The van der Waals surface area contributed by atoms with Crippen LogP contribution in [0.4, 0.5) is 0 Å². The molecule has 3 rings (SSSR count). The lowest BCUT2D eigenvalue weighted by atomic mass is 9.94. The zero-order valence-corrected chi connectivity index (χ0v) is 10.00. The van der Waals surface area contributed by atoms with Crippen molar-refractivity contribution >= 4 is 5.91 Å². The molecule has 0 aliphatic carbocycles. The summed E-state index contributed by atoms with van der Waals surface area (Å²) in [5.41, 5.74) is 5.97. The Balaban J connectivity index is 2.13. The van der Waals surface area contributed by atoms with Gasteiger partial charge in [-0.2, -0.15) is 0 Å². The van der Waals surface area contributed by atoms with E-state index in [9.17, 15) is 4.79 Å². The number of hydrogen-bond acceptors (Lipinski definition) is 3. The van der Waals surface area contributed by atoms with Crippen molar-refractivity contribution in [1.29, 1.82) is 0 Å². The molecule has 0 radical (unpaired) electrons. The molecule has 1 aliphatic rings. The normalized spacial score (nSPS) is 18.6. The summed E-state index contributed by atoms with van der Waals surface area (Å²) in [7, 11) is 1.74. The predicted molar refractivity (Wildman–Crippen MR) is 67.8 cm³/mol. The zero-order valence-electron chi connectivity index (χ0n) is 10.00. The van der Waals surface area contributed by atoms with Crippen LogP contribution in [0, 0.1) is 0 Å². The van der Waals surface area contributed by atoms with Crippen LogP contribution in [0.1, 0.15) is 27.5 Å². The molecule has 18 heavy (non-hydrogen) atoms. The van der Waals surface area contributed by atoms with Gasteiger partial charge >= 0.3 is 0 Å². The molecule has 2 aromatic rings. The lowest BCUT2D eigenvalue weighted by Crippen LogP contribution is -2.47. The minimum atomic E-state index is -0.0300. The van der Waals surface area contributed by atoms with Crippen molar-refractivity contribution in [3.8, 4) is 0 Å². The second kappa shape index (κ2) is 4.23. The molecule has 4 nitrogen and oxygen atoms in total. The molecule has 4 heteroatoms. The average molecular weight is 239 g/mol. The van der Waals surface area contributed by atoms with Crippen LogP contribution in [0.2, 0.25) is 0 Å². The molecule has 2 heterocycles. The molecule has 0 spiro atoms. The molecule has 1 aliphatic heterocycles. The van der Waals surface area contributed by atoms with E-state index in [2.05, 4.69) is 10.4 Å². The van der Waals surface area contributed by atoms with Gasteiger partial charge in [0.15, 0.2) is 0 Å². The summed E-state index contributed by atoms with van der Waals surface area (Å²) in [5, 5.41) is 1.53.